The van der Waals surface area contributed by atoms with Crippen LogP contribution in [0.15, 0.2) is 10.9 Å². The van der Waals surface area contributed by atoms with Crippen molar-refractivity contribution in [3.63, 3.8) is 0 Å². The molecule has 0 bridgehead atoms. The van der Waals surface area contributed by atoms with Gasteiger partial charge in [-0.1, -0.05) is 5.16 Å². The maximum Gasteiger partial charge on any atom is 0.227 e. The monoisotopic (exact) mass is 319 g/mol. The highest BCUT2D eigenvalue weighted by atomic mass is 16.5. The molecule has 1 amide bonds. The van der Waals surface area contributed by atoms with E-state index in [0.29, 0.717) is 18.9 Å². The van der Waals surface area contributed by atoms with E-state index in [1.165, 1.54) is 6.33 Å². The van der Waals surface area contributed by atoms with Crippen molar-refractivity contribution in [1.82, 2.24) is 25.2 Å². The number of aromatic nitrogens is 4. The van der Waals surface area contributed by atoms with Crippen LogP contribution in [0, 0.1) is 13.8 Å². The molecular weight excluding hydrogens is 298 g/mol. The second-order valence-corrected chi connectivity index (χ2v) is 5.93. The van der Waals surface area contributed by atoms with Crippen LogP contribution in [-0.4, -0.2) is 57.4 Å². The van der Waals surface area contributed by atoms with E-state index in [-0.39, 0.29) is 24.3 Å². The summed E-state index contributed by atoms with van der Waals surface area (Å²) in [6, 6.07) is 0. The largest absolute Gasteiger partial charge is 0.376 e. The smallest absolute Gasteiger partial charge is 0.227 e. The number of nitrogens with zero attached hydrogens (tertiary/aromatic N) is 4. The fraction of sp³-hybridized carbons (Fsp3) is 0.600. The Morgan fingerprint density at radius 3 is 2.96 bits per heavy atom. The van der Waals surface area contributed by atoms with Crippen LogP contribution in [0.3, 0.4) is 0 Å². The molecule has 2 aromatic rings. The van der Waals surface area contributed by atoms with Gasteiger partial charge >= 0.3 is 0 Å². The summed E-state index contributed by atoms with van der Waals surface area (Å²) in [6.07, 6.45) is 2.60. The summed E-state index contributed by atoms with van der Waals surface area (Å²) in [7, 11) is 1.79. The zero-order valence-corrected chi connectivity index (χ0v) is 13.6. The van der Waals surface area contributed by atoms with Crippen molar-refractivity contribution in [2.45, 2.75) is 38.7 Å². The van der Waals surface area contributed by atoms with Crippen LogP contribution in [0.5, 0.6) is 0 Å². The van der Waals surface area contributed by atoms with Crippen LogP contribution in [-0.2, 0) is 16.0 Å². The molecule has 0 spiro atoms. The number of H-pyrrole nitrogens is 1. The third kappa shape index (κ3) is 3.26. The molecule has 0 radical (unpaired) electrons. The fourth-order valence-electron chi connectivity index (χ4n) is 2.95. The molecule has 1 saturated heterocycles. The summed E-state index contributed by atoms with van der Waals surface area (Å²) >= 11 is 0. The van der Waals surface area contributed by atoms with Gasteiger partial charge in [-0.2, -0.15) is 5.10 Å². The number of carbonyl (C=O) groups excluding carboxylic acids is 1. The zero-order valence-electron chi connectivity index (χ0n) is 13.6. The van der Waals surface area contributed by atoms with Gasteiger partial charge in [0.15, 0.2) is 0 Å². The summed E-state index contributed by atoms with van der Waals surface area (Å²) in [4.78, 5) is 18.4. The van der Waals surface area contributed by atoms with Gasteiger partial charge in [-0.3, -0.25) is 9.89 Å². The maximum atomic E-state index is 12.5. The summed E-state index contributed by atoms with van der Waals surface area (Å²) in [5, 5.41) is 10.7. The van der Waals surface area contributed by atoms with Crippen LogP contribution >= 0.6 is 0 Å². The van der Waals surface area contributed by atoms with E-state index >= 15 is 0 Å². The predicted molar refractivity (Wildman–Crippen MR) is 80.8 cm³/mol. The van der Waals surface area contributed by atoms with Crippen LogP contribution in [0.1, 0.15) is 35.2 Å². The van der Waals surface area contributed by atoms with Crippen LogP contribution in [0.25, 0.3) is 0 Å². The Hall–Kier alpha value is -2.22. The molecule has 2 aromatic heterocycles. The van der Waals surface area contributed by atoms with E-state index in [0.717, 1.165) is 23.5 Å². The standard InChI is InChI=1S/C15H21N5O3/c1-9-12(10(2)23-19-9)6-14(21)20(3)7-13-11(4-5-22-13)15-16-8-17-18-15/h8,11,13H,4-7H2,1-3H3,(H,16,17,18)/t11-,13-/m1/s1. The molecule has 0 aliphatic carbocycles. The maximum absolute atomic E-state index is 12.5. The number of amides is 1. The zero-order chi connectivity index (χ0) is 16.4. The Bertz CT molecular complexity index is 647. The molecule has 0 unspecified atom stereocenters. The molecule has 1 fully saturated rings. The average molecular weight is 319 g/mol. The molecule has 23 heavy (non-hydrogen) atoms. The number of hydrogen-bond donors (Lipinski definition) is 1. The first-order valence-electron chi connectivity index (χ1n) is 7.69. The molecule has 8 heteroatoms. The van der Waals surface area contributed by atoms with Gasteiger partial charge in [0.05, 0.1) is 18.2 Å². The van der Waals surface area contributed by atoms with Crippen molar-refractivity contribution < 1.29 is 14.1 Å². The van der Waals surface area contributed by atoms with Gasteiger partial charge in [-0.05, 0) is 20.3 Å². The van der Waals surface area contributed by atoms with Crippen molar-refractivity contribution in [1.29, 1.82) is 0 Å². The van der Waals surface area contributed by atoms with E-state index < -0.39 is 0 Å². The van der Waals surface area contributed by atoms with Gasteiger partial charge in [-0.15, -0.1) is 0 Å². The van der Waals surface area contributed by atoms with E-state index in [9.17, 15) is 4.79 Å². The lowest BCUT2D eigenvalue weighted by atomic mass is 10.00. The van der Waals surface area contributed by atoms with Crippen LogP contribution in [0.4, 0.5) is 0 Å². The number of aromatic amines is 1. The van der Waals surface area contributed by atoms with Crippen molar-refractivity contribution in [3.05, 3.63) is 29.2 Å². The molecule has 3 heterocycles. The molecule has 0 aromatic carbocycles. The number of hydrogen-bond acceptors (Lipinski definition) is 6. The molecule has 1 N–H and O–H groups in total. The molecule has 2 atom stereocenters. The van der Waals surface area contributed by atoms with Crippen molar-refractivity contribution >= 4 is 5.91 Å². The number of rotatable bonds is 5. The lowest BCUT2D eigenvalue weighted by molar-refractivity contribution is -0.130. The van der Waals surface area contributed by atoms with E-state index in [1.807, 2.05) is 13.8 Å². The third-order valence-electron chi connectivity index (χ3n) is 4.38. The highest BCUT2D eigenvalue weighted by Gasteiger charge is 2.33. The van der Waals surface area contributed by atoms with Gasteiger partial charge < -0.3 is 14.2 Å². The lowest BCUT2D eigenvalue weighted by Gasteiger charge is -2.24. The molecule has 3 rings (SSSR count). The quantitative estimate of drug-likeness (QED) is 0.882. The number of likely N-dealkylation sites (N-methyl/N-ethyl adjacent to an activating group) is 1. The molecule has 1 aliphatic rings. The Morgan fingerprint density at radius 1 is 1.48 bits per heavy atom. The van der Waals surface area contributed by atoms with Crippen molar-refractivity contribution in [2.24, 2.45) is 0 Å². The second kappa shape index (κ2) is 6.49. The Balaban J connectivity index is 1.62. The van der Waals surface area contributed by atoms with Crippen LogP contribution < -0.4 is 0 Å². The molecular formula is C15H21N5O3. The van der Waals surface area contributed by atoms with E-state index in [4.69, 9.17) is 9.26 Å². The Labute approximate surface area is 134 Å². The second-order valence-electron chi connectivity index (χ2n) is 5.93. The van der Waals surface area contributed by atoms with E-state index in [1.54, 1.807) is 11.9 Å². The molecule has 124 valence electrons. The SMILES string of the molecule is Cc1noc(C)c1CC(=O)N(C)C[C@H]1OCC[C@H]1c1ncn[nH]1. The van der Waals surface area contributed by atoms with Gasteiger partial charge in [0, 0.05) is 31.7 Å². The topological polar surface area (TPSA) is 97.1 Å². The van der Waals surface area contributed by atoms with Crippen molar-refractivity contribution in [3.8, 4) is 0 Å². The number of ether oxygens (including phenoxy) is 1. The minimum atomic E-state index is -0.0680. The molecule has 0 saturated carbocycles. The number of carbonyl (C=O) groups is 1. The van der Waals surface area contributed by atoms with Crippen molar-refractivity contribution in [2.75, 3.05) is 20.2 Å². The van der Waals surface area contributed by atoms with E-state index in [2.05, 4.69) is 20.3 Å². The van der Waals surface area contributed by atoms with Crippen LogP contribution in [0.2, 0.25) is 0 Å². The summed E-state index contributed by atoms with van der Waals surface area (Å²) in [5.74, 6) is 1.68. The molecule has 1 aliphatic heterocycles. The molecule has 8 nitrogen and oxygen atoms in total. The number of nitrogens with one attached hydrogen (secondary N) is 1. The van der Waals surface area contributed by atoms with Gasteiger partial charge in [0.25, 0.3) is 0 Å². The normalized spacial score (nSPS) is 20.8. The van der Waals surface area contributed by atoms with Gasteiger partial charge in [0.1, 0.15) is 17.9 Å². The first kappa shape index (κ1) is 15.7. The fourth-order valence-corrected chi connectivity index (χ4v) is 2.95. The number of aryl methyl sites for hydroxylation is 2. The highest BCUT2D eigenvalue weighted by molar-refractivity contribution is 5.79. The minimum Gasteiger partial charge on any atom is -0.376 e. The third-order valence-corrected chi connectivity index (χ3v) is 4.38. The summed E-state index contributed by atoms with van der Waals surface area (Å²) in [6.45, 7) is 4.86. The average Bonchev–Trinajstić information content (AvgIpc) is 3.24. The minimum absolute atomic E-state index is 0.0196. The van der Waals surface area contributed by atoms with Gasteiger partial charge in [-0.25, -0.2) is 4.98 Å². The van der Waals surface area contributed by atoms with Gasteiger partial charge in [0.2, 0.25) is 5.91 Å². The summed E-state index contributed by atoms with van der Waals surface area (Å²) in [5.41, 5.74) is 1.63. The highest BCUT2D eigenvalue weighted by Crippen LogP contribution is 2.29. The summed E-state index contributed by atoms with van der Waals surface area (Å²) < 4.78 is 10.9. The Kier molecular flexibility index (Phi) is 4.42. The predicted octanol–water partition coefficient (Wildman–Crippen LogP) is 0.983. The Morgan fingerprint density at radius 2 is 2.30 bits per heavy atom. The first-order chi connectivity index (χ1) is 11.1. The first-order valence-corrected chi connectivity index (χ1v) is 7.69. The lowest BCUT2D eigenvalue weighted by Crippen LogP contribution is -2.37.